The van der Waals surface area contributed by atoms with Crippen molar-refractivity contribution in [3.8, 4) is 0 Å². The van der Waals surface area contributed by atoms with Crippen LogP contribution in [-0.2, 0) is 33.2 Å². The van der Waals surface area contributed by atoms with Crippen LogP contribution >= 0.6 is 11.8 Å². The second-order valence-corrected chi connectivity index (χ2v) is 15.4. The predicted octanol–water partition coefficient (Wildman–Crippen LogP) is 13.0. The summed E-state index contributed by atoms with van der Waals surface area (Å²) in [6.07, 6.45) is 0. The number of aliphatic hydroxyl groups excluding tert-OH is 3. The molecule has 6 aromatic rings. The number of benzene rings is 6. The van der Waals surface area contributed by atoms with Crippen molar-refractivity contribution in [1.82, 2.24) is 0 Å². The Hall–Kier alpha value is -4.78. The van der Waals surface area contributed by atoms with Crippen LogP contribution in [0.5, 0.6) is 0 Å². The fourth-order valence-electron chi connectivity index (χ4n) is 8.98. The largest absolute Gasteiger partial charge is 0.400 e. The van der Waals surface area contributed by atoms with Gasteiger partial charge in [-0.15, -0.1) is 0 Å². The first-order valence-electron chi connectivity index (χ1n) is 20.2. The minimum atomic E-state index is 0. The monoisotopic (exact) mass is 846 g/mol. The molecule has 2 aliphatic rings. The molecule has 3 N–H and O–H groups in total. The second-order valence-electron chi connectivity index (χ2n) is 14.4. The Morgan fingerprint density at radius 1 is 0.367 bits per heavy atom. The van der Waals surface area contributed by atoms with Crippen molar-refractivity contribution < 1.29 is 37.0 Å². The average molecular weight is 847 g/mol. The van der Waals surface area contributed by atoms with E-state index in [2.05, 4.69) is 198 Å². The Kier molecular flexibility index (Phi) is 19.1. The van der Waals surface area contributed by atoms with Crippen LogP contribution in [0.3, 0.4) is 0 Å². The van der Waals surface area contributed by atoms with Crippen molar-refractivity contribution in [2.45, 2.75) is 39.2 Å². The van der Waals surface area contributed by atoms with Crippen molar-refractivity contribution >= 4 is 45.2 Å². The van der Waals surface area contributed by atoms with E-state index in [0.29, 0.717) is 0 Å². The standard InChI is InChI=1S/C52H46S.3CH4O.Ti/c1-35-47(36(2)50(40-23-11-6-12-24-40)49(35)39-21-9-5-10-22-39)45-31-19-17-29-43(45)33-53-34-44-30-18-20-32-46(44)48-37(3)51(41-25-13-7-14-26-41)52(38(48)4)42-27-15-8-16-28-42;3*1-2;/h5-32,35,37H,33-34H2,1-4H3;3*2H,1H3;. The summed E-state index contributed by atoms with van der Waals surface area (Å²) >= 11 is 2.03. The van der Waals surface area contributed by atoms with E-state index in [9.17, 15) is 0 Å². The molecule has 5 heteroatoms. The fraction of sp³-hybridized carbons (Fsp3) is 0.200. The van der Waals surface area contributed by atoms with Gasteiger partial charge in [0, 0.05) is 66.4 Å². The molecule has 0 spiro atoms. The van der Waals surface area contributed by atoms with E-state index >= 15 is 0 Å². The molecule has 0 aromatic heterocycles. The van der Waals surface area contributed by atoms with Crippen LogP contribution in [0.15, 0.2) is 181 Å². The van der Waals surface area contributed by atoms with Crippen LogP contribution in [0.4, 0.5) is 0 Å². The number of thioether (sulfide) groups is 1. The average Bonchev–Trinajstić information content (AvgIpc) is 3.73. The maximum absolute atomic E-state index is 7.00. The molecule has 6 aromatic carbocycles. The predicted molar refractivity (Wildman–Crippen MR) is 255 cm³/mol. The molecule has 2 unspecified atom stereocenters. The van der Waals surface area contributed by atoms with Gasteiger partial charge in [0.05, 0.1) is 0 Å². The topological polar surface area (TPSA) is 60.7 Å². The van der Waals surface area contributed by atoms with Crippen LogP contribution in [0.1, 0.15) is 72.2 Å². The normalized spacial score (nSPS) is 15.6. The summed E-state index contributed by atoms with van der Waals surface area (Å²) in [5.74, 6) is 2.46. The van der Waals surface area contributed by atoms with Gasteiger partial charge in [0.2, 0.25) is 0 Å². The minimum Gasteiger partial charge on any atom is -0.400 e. The molecule has 0 saturated carbocycles. The molecule has 2 atom stereocenters. The molecule has 306 valence electrons. The van der Waals surface area contributed by atoms with Crippen molar-refractivity contribution in [2.75, 3.05) is 21.3 Å². The van der Waals surface area contributed by atoms with Crippen molar-refractivity contribution in [1.29, 1.82) is 0 Å². The Morgan fingerprint density at radius 3 is 0.950 bits per heavy atom. The molecular formula is C55H58O3STi. The first-order valence-corrected chi connectivity index (χ1v) is 21.4. The molecule has 0 bridgehead atoms. The van der Waals surface area contributed by atoms with Gasteiger partial charge in [-0.25, -0.2) is 0 Å². The van der Waals surface area contributed by atoms with E-state index in [-0.39, 0.29) is 33.6 Å². The van der Waals surface area contributed by atoms with E-state index in [1.807, 2.05) is 11.8 Å². The Bertz CT molecular complexity index is 2230. The van der Waals surface area contributed by atoms with Gasteiger partial charge >= 0.3 is 0 Å². The first kappa shape index (κ1) is 47.9. The molecule has 0 radical (unpaired) electrons. The number of aliphatic hydroxyl groups is 3. The molecule has 60 heavy (non-hydrogen) atoms. The maximum Gasteiger partial charge on any atom is 0.0319 e. The molecule has 8 rings (SSSR count). The smallest absolute Gasteiger partial charge is 0.0319 e. The van der Waals surface area contributed by atoms with Crippen molar-refractivity contribution in [3.05, 3.63) is 226 Å². The summed E-state index contributed by atoms with van der Waals surface area (Å²) in [7, 11) is 3.00. The third kappa shape index (κ3) is 10.2. The zero-order chi connectivity index (χ0) is 42.3. The summed E-state index contributed by atoms with van der Waals surface area (Å²) < 4.78 is 0. The van der Waals surface area contributed by atoms with Crippen LogP contribution in [0.25, 0.3) is 33.4 Å². The van der Waals surface area contributed by atoms with Gasteiger partial charge in [-0.05, 0) is 103 Å². The second kappa shape index (κ2) is 23.9. The van der Waals surface area contributed by atoms with Gasteiger partial charge in [-0.2, -0.15) is 11.8 Å². The maximum atomic E-state index is 7.00. The van der Waals surface area contributed by atoms with Crippen molar-refractivity contribution in [2.24, 2.45) is 11.8 Å². The summed E-state index contributed by atoms with van der Waals surface area (Å²) in [6, 6.07) is 62.1. The number of allylic oxidation sites excluding steroid dienone is 8. The van der Waals surface area contributed by atoms with E-state index in [1.165, 1.54) is 89.1 Å². The molecular weight excluding hydrogens is 789 g/mol. The third-order valence-corrected chi connectivity index (χ3v) is 12.3. The zero-order valence-electron chi connectivity index (χ0n) is 36.0. The quantitative estimate of drug-likeness (QED) is 0.120. The number of hydrogen-bond donors (Lipinski definition) is 3. The zero-order valence-corrected chi connectivity index (χ0v) is 38.4. The molecule has 0 saturated heterocycles. The molecule has 0 fully saturated rings. The number of rotatable bonds is 10. The summed E-state index contributed by atoms with van der Waals surface area (Å²) in [5.41, 5.74) is 22.1. The van der Waals surface area contributed by atoms with Gasteiger partial charge in [0.15, 0.2) is 0 Å². The molecule has 3 nitrogen and oxygen atoms in total. The van der Waals surface area contributed by atoms with Gasteiger partial charge < -0.3 is 15.3 Å². The van der Waals surface area contributed by atoms with Crippen LogP contribution in [-0.4, -0.2) is 36.6 Å². The van der Waals surface area contributed by atoms with Crippen LogP contribution < -0.4 is 0 Å². The summed E-state index contributed by atoms with van der Waals surface area (Å²) in [4.78, 5) is 0. The summed E-state index contributed by atoms with van der Waals surface area (Å²) in [5, 5.41) is 21.0. The van der Waals surface area contributed by atoms with Gasteiger partial charge in [-0.1, -0.05) is 184 Å². The van der Waals surface area contributed by atoms with Crippen LogP contribution in [0.2, 0.25) is 0 Å². The van der Waals surface area contributed by atoms with E-state index in [0.717, 1.165) is 32.8 Å². The third-order valence-electron chi connectivity index (χ3n) is 11.3. The number of hydrogen-bond acceptors (Lipinski definition) is 4. The summed E-state index contributed by atoms with van der Waals surface area (Å²) in [6.45, 7) is 9.48. The van der Waals surface area contributed by atoms with E-state index in [1.54, 1.807) is 0 Å². The van der Waals surface area contributed by atoms with E-state index in [4.69, 9.17) is 15.3 Å². The molecule has 0 amide bonds. The first-order chi connectivity index (χ1) is 29.0. The molecule has 2 aliphatic carbocycles. The van der Waals surface area contributed by atoms with Gasteiger partial charge in [0.25, 0.3) is 0 Å². The molecule has 0 aliphatic heterocycles. The van der Waals surface area contributed by atoms with Gasteiger partial charge in [-0.3, -0.25) is 0 Å². The molecule has 0 heterocycles. The van der Waals surface area contributed by atoms with Crippen molar-refractivity contribution in [3.63, 3.8) is 0 Å². The Labute approximate surface area is 377 Å². The SMILES string of the molecule is CC1=C(c2ccccc2CSCc2ccccc2C2=C(C)C(c3ccccc3)=C(c3ccccc3)C2C)C(C)C(c2ccccc2)=C1c1ccccc1.CO.CO.CO.[Ti]. The van der Waals surface area contributed by atoms with Crippen LogP contribution in [0, 0.1) is 11.8 Å². The Balaban J connectivity index is 0.00000109. The van der Waals surface area contributed by atoms with E-state index < -0.39 is 0 Å². The Morgan fingerprint density at radius 2 is 0.633 bits per heavy atom. The fourth-order valence-corrected chi connectivity index (χ4v) is 10.0. The minimum absolute atomic E-state index is 0. The van der Waals surface area contributed by atoms with Gasteiger partial charge in [0.1, 0.15) is 0 Å².